The van der Waals surface area contributed by atoms with Crippen molar-refractivity contribution in [1.29, 1.82) is 0 Å². The van der Waals surface area contributed by atoms with E-state index in [1.165, 1.54) is 0 Å². The Labute approximate surface area is 98.3 Å². The van der Waals surface area contributed by atoms with E-state index >= 15 is 0 Å². The Kier molecular flexibility index (Phi) is 5.77. The van der Waals surface area contributed by atoms with Crippen molar-refractivity contribution < 1.29 is 38.1 Å². The molecule has 2 atom stereocenters. The molecule has 0 saturated heterocycles. The largest absolute Gasteiger partial charge is 0.469 e. The van der Waals surface area contributed by atoms with E-state index in [2.05, 4.69) is 19.0 Å². The predicted octanol–water partition coefficient (Wildman–Crippen LogP) is 0.245. The van der Waals surface area contributed by atoms with Crippen LogP contribution in [-0.4, -0.2) is 43.3 Å². The van der Waals surface area contributed by atoms with E-state index in [0.29, 0.717) is 0 Å². The summed E-state index contributed by atoms with van der Waals surface area (Å²) in [5, 5.41) is -2.09. The summed E-state index contributed by atoms with van der Waals surface area (Å²) in [5.74, 6) is -1.93. The van der Waals surface area contributed by atoms with Gasteiger partial charge in [0.05, 0.1) is 27.8 Å². The average molecular weight is 270 g/mol. The summed E-state index contributed by atoms with van der Waals surface area (Å²) in [6.07, 6.45) is -0.673. The first-order valence-electron chi connectivity index (χ1n) is 4.45. The molecular formula is C8H15O8P. The van der Waals surface area contributed by atoms with Crippen LogP contribution in [0, 0.1) is 0 Å². The van der Waals surface area contributed by atoms with Gasteiger partial charge in [0.25, 0.3) is 0 Å². The van der Waals surface area contributed by atoms with E-state index in [-0.39, 0.29) is 0 Å². The third kappa shape index (κ3) is 3.50. The Morgan fingerprint density at radius 2 is 1.76 bits per heavy atom. The molecule has 0 aliphatic heterocycles. The smallest absolute Gasteiger partial charge is 0.372 e. The number of esters is 2. The molecule has 0 rings (SSSR count). The minimum absolute atomic E-state index is 0.673. The number of methoxy groups -OCH3 is 2. The summed E-state index contributed by atoms with van der Waals surface area (Å²) < 4.78 is 24.7. The van der Waals surface area contributed by atoms with Gasteiger partial charge in [-0.25, -0.2) is 4.89 Å². The zero-order valence-corrected chi connectivity index (χ0v) is 10.9. The van der Waals surface area contributed by atoms with Crippen LogP contribution in [0.4, 0.5) is 0 Å². The maximum atomic E-state index is 11.8. The van der Waals surface area contributed by atoms with Gasteiger partial charge in [0.2, 0.25) is 0 Å². The molecule has 0 spiro atoms. The number of carbonyl (C=O) groups excluding carboxylic acids is 2. The van der Waals surface area contributed by atoms with Gasteiger partial charge in [-0.2, -0.15) is 0 Å². The lowest BCUT2D eigenvalue weighted by atomic mass is 10.1. The molecule has 100 valence electrons. The van der Waals surface area contributed by atoms with E-state index in [1.807, 2.05) is 0 Å². The quantitative estimate of drug-likeness (QED) is 0.316. The van der Waals surface area contributed by atoms with Gasteiger partial charge < -0.3 is 14.4 Å². The standard InChI is InChI=1S/C8H15O8P/c1-8(7(10)14-3,5-6(9)13-2)17(11,12)16-15-4/h5H2,1-4H3,(H,11,12). The Morgan fingerprint density at radius 1 is 1.24 bits per heavy atom. The van der Waals surface area contributed by atoms with Crippen LogP contribution < -0.4 is 0 Å². The highest BCUT2D eigenvalue weighted by molar-refractivity contribution is 7.55. The molecule has 17 heavy (non-hydrogen) atoms. The van der Waals surface area contributed by atoms with Crippen molar-refractivity contribution in [1.82, 2.24) is 0 Å². The fraction of sp³-hybridized carbons (Fsp3) is 0.750. The molecule has 9 heteroatoms. The lowest BCUT2D eigenvalue weighted by Gasteiger charge is -2.27. The maximum Gasteiger partial charge on any atom is 0.372 e. The van der Waals surface area contributed by atoms with Crippen molar-refractivity contribution in [3.8, 4) is 0 Å². The van der Waals surface area contributed by atoms with Gasteiger partial charge in [-0.3, -0.25) is 14.2 Å². The number of ether oxygens (including phenoxy) is 2. The normalized spacial score (nSPS) is 17.7. The van der Waals surface area contributed by atoms with Crippen molar-refractivity contribution in [2.75, 3.05) is 21.3 Å². The van der Waals surface area contributed by atoms with Crippen LogP contribution in [0.15, 0.2) is 0 Å². The Balaban J connectivity index is 5.31. The molecular weight excluding hydrogens is 255 g/mol. The maximum absolute atomic E-state index is 11.8. The Bertz CT molecular complexity index is 340. The zero-order valence-electron chi connectivity index (χ0n) is 9.96. The molecule has 0 radical (unpaired) electrons. The van der Waals surface area contributed by atoms with E-state index in [9.17, 15) is 19.0 Å². The number of rotatable bonds is 6. The highest BCUT2D eigenvalue weighted by Crippen LogP contribution is 2.57. The monoisotopic (exact) mass is 270 g/mol. The molecule has 0 aliphatic rings. The van der Waals surface area contributed by atoms with E-state index in [0.717, 1.165) is 28.3 Å². The fourth-order valence-corrected chi connectivity index (χ4v) is 2.06. The van der Waals surface area contributed by atoms with Crippen molar-refractivity contribution in [3.63, 3.8) is 0 Å². The molecule has 0 saturated carbocycles. The van der Waals surface area contributed by atoms with Gasteiger partial charge in [0.15, 0.2) is 5.16 Å². The lowest BCUT2D eigenvalue weighted by molar-refractivity contribution is -0.190. The lowest BCUT2D eigenvalue weighted by Crippen LogP contribution is -2.39. The minimum atomic E-state index is -4.55. The van der Waals surface area contributed by atoms with Crippen molar-refractivity contribution >= 4 is 19.5 Å². The SMILES string of the molecule is COOP(=O)(O)C(C)(CC(=O)OC)C(=O)OC. The van der Waals surface area contributed by atoms with Crippen LogP contribution in [0.3, 0.4) is 0 Å². The van der Waals surface area contributed by atoms with Gasteiger partial charge in [-0.15, -0.1) is 4.67 Å². The van der Waals surface area contributed by atoms with Crippen LogP contribution in [-0.2, 0) is 33.2 Å². The highest BCUT2D eigenvalue weighted by Gasteiger charge is 2.55. The third-order valence-corrected chi connectivity index (χ3v) is 4.08. The first kappa shape index (κ1) is 16.1. The van der Waals surface area contributed by atoms with Gasteiger partial charge in [-0.05, 0) is 6.92 Å². The van der Waals surface area contributed by atoms with Gasteiger partial charge in [0, 0.05) is 0 Å². The van der Waals surface area contributed by atoms with Gasteiger partial charge >= 0.3 is 19.5 Å². The average Bonchev–Trinajstić information content (AvgIpc) is 2.27. The molecule has 0 aromatic rings. The molecule has 2 unspecified atom stereocenters. The summed E-state index contributed by atoms with van der Waals surface area (Å²) in [7, 11) is -1.45. The minimum Gasteiger partial charge on any atom is -0.469 e. The second-order valence-corrected chi connectivity index (χ2v) is 5.46. The molecule has 0 aromatic carbocycles. The summed E-state index contributed by atoms with van der Waals surface area (Å²) in [6.45, 7) is 1.05. The van der Waals surface area contributed by atoms with Crippen LogP contribution in [0.2, 0.25) is 0 Å². The first-order chi connectivity index (χ1) is 7.75. The predicted molar refractivity (Wildman–Crippen MR) is 55.0 cm³/mol. The van der Waals surface area contributed by atoms with Crippen LogP contribution in [0.1, 0.15) is 13.3 Å². The summed E-state index contributed by atoms with van der Waals surface area (Å²) in [6, 6.07) is 0. The topological polar surface area (TPSA) is 108 Å². The highest BCUT2D eigenvalue weighted by atomic mass is 31.2. The number of hydrogen-bond acceptors (Lipinski definition) is 7. The molecule has 0 aliphatic carbocycles. The number of hydrogen-bond donors (Lipinski definition) is 1. The molecule has 0 fully saturated rings. The zero-order chi connectivity index (χ0) is 13.7. The van der Waals surface area contributed by atoms with Gasteiger partial charge in [-0.1, -0.05) is 0 Å². The van der Waals surface area contributed by atoms with Gasteiger partial charge in [0.1, 0.15) is 0 Å². The molecule has 0 amide bonds. The second-order valence-electron chi connectivity index (χ2n) is 3.28. The van der Waals surface area contributed by atoms with Crippen molar-refractivity contribution in [2.24, 2.45) is 0 Å². The third-order valence-electron chi connectivity index (χ3n) is 2.14. The molecule has 0 heterocycles. The Hall–Kier alpha value is -0.950. The van der Waals surface area contributed by atoms with Crippen molar-refractivity contribution in [3.05, 3.63) is 0 Å². The van der Waals surface area contributed by atoms with Crippen molar-refractivity contribution in [2.45, 2.75) is 18.5 Å². The van der Waals surface area contributed by atoms with Crippen LogP contribution in [0.25, 0.3) is 0 Å². The van der Waals surface area contributed by atoms with E-state index in [4.69, 9.17) is 0 Å². The molecule has 8 nitrogen and oxygen atoms in total. The fourth-order valence-electron chi connectivity index (χ4n) is 1.04. The molecule has 0 aromatic heterocycles. The first-order valence-corrected chi connectivity index (χ1v) is 6.03. The van der Waals surface area contributed by atoms with E-state index in [1.54, 1.807) is 0 Å². The summed E-state index contributed by atoms with van der Waals surface area (Å²) >= 11 is 0. The van der Waals surface area contributed by atoms with Crippen LogP contribution >= 0.6 is 7.60 Å². The van der Waals surface area contributed by atoms with Crippen LogP contribution in [0.5, 0.6) is 0 Å². The second kappa shape index (κ2) is 6.11. The number of carbonyl (C=O) groups is 2. The summed E-state index contributed by atoms with van der Waals surface area (Å²) in [5.41, 5.74) is 0. The molecule has 1 N–H and O–H groups in total. The Morgan fingerprint density at radius 3 is 2.12 bits per heavy atom. The summed E-state index contributed by atoms with van der Waals surface area (Å²) in [4.78, 5) is 36.3. The van der Waals surface area contributed by atoms with E-state index < -0.39 is 31.1 Å². The molecule has 0 bridgehead atoms.